The molecule has 1 fully saturated rings. The lowest BCUT2D eigenvalue weighted by atomic mass is 9.96. The van der Waals surface area contributed by atoms with Gasteiger partial charge < -0.3 is 61.9 Å². The van der Waals surface area contributed by atoms with Crippen LogP contribution in [0.1, 0.15) is 358 Å². The molecule has 3 rings (SSSR count). The molecule has 7 atom stereocenters. The lowest BCUT2D eigenvalue weighted by Crippen LogP contribution is -2.66. The van der Waals surface area contributed by atoms with E-state index >= 15 is 14.2 Å². The maximum atomic E-state index is 15.9. The van der Waals surface area contributed by atoms with Gasteiger partial charge in [0.05, 0.1) is 19.4 Å². The number of carbonyl (C=O) groups excluding carboxylic acids is 7. The fraction of sp³-hybridized carbons (Fsp3) is 0.789. The largest absolute Gasteiger partial charge is 0.588 e. The summed E-state index contributed by atoms with van der Waals surface area (Å²) in [4.78, 5) is 102. The number of nitrogens with one attached hydrogen (secondary N) is 1. The molecule has 684 valence electrons. The van der Waals surface area contributed by atoms with Gasteiger partial charge in [0.1, 0.15) is 67.3 Å². The van der Waals surface area contributed by atoms with Crippen LogP contribution in [0.15, 0.2) is 60.7 Å². The number of unbranched alkanes of at least 4 members (excludes halogenated alkanes) is 36. The van der Waals surface area contributed by atoms with Gasteiger partial charge >= 0.3 is 43.9 Å². The first-order valence-electron chi connectivity index (χ1n) is 44.8. The number of carbonyl (C=O) groups is 7. The number of amides is 2. The zero-order valence-corrected chi connectivity index (χ0v) is 78.6. The highest BCUT2D eigenvalue weighted by Crippen LogP contribution is 2.53. The van der Waals surface area contributed by atoms with E-state index in [1.807, 2.05) is 0 Å². The summed E-state index contributed by atoms with van der Waals surface area (Å²) in [7, 11) is -5.23. The van der Waals surface area contributed by atoms with Crippen LogP contribution in [0.2, 0.25) is 0 Å². The predicted octanol–water partition coefficient (Wildman–Crippen LogP) is 26.1. The number of hydrogen-bond donors (Lipinski definition) is 1. The first-order chi connectivity index (χ1) is 56.8. The second-order valence-corrected chi connectivity index (χ2v) is 39.3. The molecule has 0 saturated carbocycles. The Morgan fingerprint density at radius 2 is 0.874 bits per heavy atom. The Hall–Kier alpha value is -4.22. The lowest BCUT2D eigenvalue weighted by Gasteiger charge is -2.45. The van der Waals surface area contributed by atoms with Crippen LogP contribution in [0.3, 0.4) is 0 Å². The predicted molar refractivity (Wildman–Crippen MR) is 474 cm³/mol. The molecule has 2 aromatic rings. The maximum Gasteiger partial charge on any atom is 0.588 e. The quantitative estimate of drug-likeness (QED) is 0.0212. The number of ether oxygens (including phenoxy) is 9. The Balaban J connectivity index is 2.28. The van der Waals surface area contributed by atoms with Crippen LogP contribution in [-0.2, 0) is 75.7 Å². The SMILES string of the molecule is CCCCCCCCCCCCCC(=O)O[C@H](CCCCCCCCCCC)CC(=O)O[C@@H]1[C@@H](NC(=O)OCC(Cl)(Cl)Cl)[C@H](OCCN(CC(=O)OC(C)(C)C)C(=O)C[C@@H](CCCCCCCCCCC)OC(=O)CCCCCCCCCCCCC)O[C@H](COC(=O)OC(C)(C)C(Cl)(Cl)Cl)[C@H]1OP(=O)(Oc1ccccc1)Oc1ccccc1. The smallest absolute Gasteiger partial charge is 0.462 e. The molecule has 119 heavy (non-hydrogen) atoms. The van der Waals surface area contributed by atoms with Gasteiger partial charge in [0.15, 0.2) is 18.0 Å². The molecule has 0 aliphatic carbocycles. The first-order valence-corrected chi connectivity index (χ1v) is 48.6. The third-order valence-corrected chi connectivity index (χ3v) is 23.5. The molecule has 1 saturated heterocycles. The van der Waals surface area contributed by atoms with Crippen molar-refractivity contribution in [3.8, 4) is 11.5 Å². The monoisotopic (exact) mass is 1820 g/mol. The third-order valence-electron chi connectivity index (χ3n) is 20.5. The Kier molecular flexibility index (Phi) is 58.3. The summed E-state index contributed by atoms with van der Waals surface area (Å²) in [6, 6.07) is 13.7. The molecule has 0 bridgehead atoms. The van der Waals surface area contributed by atoms with Gasteiger partial charge in [0.25, 0.3) is 0 Å². The number of phosphoric acid groups is 1. The van der Waals surface area contributed by atoms with Gasteiger partial charge in [-0.1, -0.05) is 365 Å². The van der Waals surface area contributed by atoms with Crippen molar-refractivity contribution < 1.29 is 94.3 Å². The van der Waals surface area contributed by atoms with Crippen molar-refractivity contribution in [1.29, 1.82) is 0 Å². The summed E-state index contributed by atoms with van der Waals surface area (Å²) in [5.74, 6) is -3.48. The number of alkyl carbamates (subject to hydrolysis) is 1. The molecular formula is C90H147Cl6N2O20P. The van der Waals surface area contributed by atoms with Crippen molar-refractivity contribution in [2.45, 2.75) is 419 Å². The topological polar surface area (TPSA) is 263 Å². The summed E-state index contributed by atoms with van der Waals surface area (Å²) in [5.41, 5.74) is -2.85. The molecule has 1 aliphatic rings. The number of nitrogens with zero attached hydrogens (tertiary/aromatic N) is 1. The molecule has 0 spiro atoms. The zero-order valence-electron chi connectivity index (χ0n) is 73.2. The molecule has 1 N–H and O–H groups in total. The molecule has 22 nitrogen and oxygen atoms in total. The number of benzene rings is 2. The Morgan fingerprint density at radius 1 is 0.479 bits per heavy atom. The number of hydrogen-bond acceptors (Lipinski definition) is 20. The Labute approximate surface area is 743 Å². The molecule has 2 aromatic carbocycles. The number of phosphoric ester groups is 1. The summed E-state index contributed by atoms with van der Waals surface area (Å²) in [5, 5.41) is 2.62. The van der Waals surface area contributed by atoms with Gasteiger partial charge in [-0.25, -0.2) is 14.2 Å². The van der Waals surface area contributed by atoms with Crippen molar-refractivity contribution in [3.63, 3.8) is 0 Å². The number of rotatable bonds is 68. The van der Waals surface area contributed by atoms with Gasteiger partial charge in [0.2, 0.25) is 13.5 Å². The molecule has 2 amide bonds. The van der Waals surface area contributed by atoms with Gasteiger partial charge in [-0.3, -0.25) is 28.5 Å². The summed E-state index contributed by atoms with van der Waals surface area (Å²) in [6.07, 6.45) is 29.3. The maximum absolute atomic E-state index is 15.9. The normalized spacial score (nSPS) is 16.4. The van der Waals surface area contributed by atoms with Crippen LogP contribution in [0.4, 0.5) is 9.59 Å². The second-order valence-electron chi connectivity index (χ2n) is 33.1. The number of para-hydroxylation sites is 2. The fourth-order valence-electron chi connectivity index (χ4n) is 13.7. The second kappa shape index (κ2) is 63.7. The average molecular weight is 1820 g/mol. The van der Waals surface area contributed by atoms with Crippen LogP contribution in [0, 0.1) is 0 Å². The summed E-state index contributed by atoms with van der Waals surface area (Å²) in [6.45, 7) is 13.0. The molecule has 29 heteroatoms. The highest BCUT2D eigenvalue weighted by Gasteiger charge is 2.55. The van der Waals surface area contributed by atoms with Gasteiger partial charge in [-0.2, -0.15) is 0 Å². The van der Waals surface area contributed by atoms with E-state index in [0.29, 0.717) is 32.1 Å². The minimum Gasteiger partial charge on any atom is -0.462 e. The van der Waals surface area contributed by atoms with Crippen LogP contribution < -0.4 is 14.4 Å². The van der Waals surface area contributed by atoms with E-state index in [0.717, 1.165) is 148 Å². The Morgan fingerprint density at radius 3 is 1.27 bits per heavy atom. The van der Waals surface area contributed by atoms with Gasteiger partial charge in [-0.15, -0.1) is 0 Å². The number of alkyl halides is 6. The summed E-state index contributed by atoms with van der Waals surface area (Å²) < 4.78 is 85.3. The van der Waals surface area contributed by atoms with E-state index in [2.05, 4.69) is 33.0 Å². The van der Waals surface area contributed by atoms with E-state index < -0.39 is 151 Å². The van der Waals surface area contributed by atoms with Crippen molar-refractivity contribution in [2.24, 2.45) is 0 Å². The molecular weight excluding hydrogens is 1670 g/mol. The van der Waals surface area contributed by atoms with E-state index in [1.54, 1.807) is 57.2 Å². The minimum absolute atomic E-state index is 0.0408. The van der Waals surface area contributed by atoms with Gasteiger partial charge in [0, 0.05) is 19.4 Å². The van der Waals surface area contributed by atoms with Crippen LogP contribution in [0.5, 0.6) is 11.5 Å². The summed E-state index contributed by atoms with van der Waals surface area (Å²) >= 11 is 37.3. The highest BCUT2D eigenvalue weighted by atomic mass is 35.6. The average Bonchev–Trinajstić information content (AvgIpc) is 0.770. The van der Waals surface area contributed by atoms with E-state index in [-0.39, 0.29) is 37.2 Å². The number of esters is 4. The molecule has 0 radical (unpaired) electrons. The van der Waals surface area contributed by atoms with Gasteiger partial charge in [-0.05, 0) is 97.4 Å². The van der Waals surface area contributed by atoms with Crippen molar-refractivity contribution >= 4 is 119 Å². The third kappa shape index (κ3) is 53.7. The Bertz CT molecular complexity index is 3050. The molecule has 1 aliphatic heterocycles. The highest BCUT2D eigenvalue weighted by molar-refractivity contribution is 7.49. The standard InChI is InChI=1S/C90H147Cl6N2O20P/c1-10-14-18-22-26-30-32-36-40-44-54-62-77(100)110-73(60-48-42-38-34-28-24-20-16-12-3)66-76(99)98(68-80(103)114-87(5,6)7)64-65-107-84-81(97-85(104)109-70-89(91,92)93)83(113-79(102)67-74(61-49-43-39-35-29-25-21-17-13-4)111-78(101)63-55-45-41-37-33-31-27-23-19-15-11-2)82(75(112-84)69-108-86(105)115-88(8,9)90(94,95)96)118-119(106,116-71-56-50-46-51-57-71)117-72-58-52-47-53-59-72/h46-47,50-53,56-59,73-75,81-84H,10-45,48-49,54-55,60-70H2,1-9H3,(H,97,104)/t73-,74-,75-,81-,82-,83-,84-/m1/s1. The molecule has 0 unspecified atom stereocenters. The molecule has 1 heterocycles. The van der Waals surface area contributed by atoms with E-state index in [1.165, 1.54) is 126 Å². The fourth-order valence-corrected chi connectivity index (χ4v) is 15.5. The van der Waals surface area contributed by atoms with E-state index in [4.69, 9.17) is 126 Å². The number of halogens is 6. The van der Waals surface area contributed by atoms with Crippen molar-refractivity contribution in [2.75, 3.05) is 32.9 Å². The lowest BCUT2D eigenvalue weighted by molar-refractivity contribution is -0.271. The first kappa shape index (κ1) is 109. The van der Waals surface area contributed by atoms with E-state index in [9.17, 15) is 24.0 Å². The molecule has 0 aromatic heterocycles. The van der Waals surface area contributed by atoms with Crippen LogP contribution in [0.25, 0.3) is 0 Å². The van der Waals surface area contributed by atoms with Crippen molar-refractivity contribution in [1.82, 2.24) is 10.2 Å². The zero-order chi connectivity index (χ0) is 87.6. The van der Waals surface area contributed by atoms with Crippen LogP contribution in [-0.4, -0.2) is 141 Å². The van der Waals surface area contributed by atoms with Crippen LogP contribution >= 0.6 is 77.4 Å². The minimum atomic E-state index is -5.23. The van der Waals surface area contributed by atoms with Crippen molar-refractivity contribution in [3.05, 3.63) is 60.7 Å².